The Kier molecular flexibility index (Phi) is 7.44. The second-order valence-electron chi connectivity index (χ2n) is 14.9. The summed E-state index contributed by atoms with van der Waals surface area (Å²) >= 11 is 0. The van der Waals surface area contributed by atoms with Crippen molar-refractivity contribution in [1.82, 2.24) is 0 Å². The lowest BCUT2D eigenvalue weighted by atomic mass is 9.77. The summed E-state index contributed by atoms with van der Waals surface area (Å²) in [6.07, 6.45) is 0. The van der Waals surface area contributed by atoms with Gasteiger partial charge >= 0.3 is 7.12 Å². The molecule has 3 nitrogen and oxygen atoms in total. The molecule has 0 unspecified atom stereocenters. The van der Waals surface area contributed by atoms with Crippen LogP contribution >= 0.6 is 0 Å². The van der Waals surface area contributed by atoms with E-state index in [9.17, 15) is 0 Å². The predicted molar refractivity (Wildman–Crippen MR) is 205 cm³/mol. The fourth-order valence-electron chi connectivity index (χ4n) is 7.47. The third-order valence-corrected chi connectivity index (χ3v) is 10.9. The summed E-state index contributed by atoms with van der Waals surface area (Å²) in [6.45, 7) is 13.1. The predicted octanol–water partition coefficient (Wildman–Crippen LogP) is 11.1. The van der Waals surface area contributed by atoms with Crippen LogP contribution in [0.25, 0.3) is 33.4 Å². The van der Waals surface area contributed by atoms with Crippen LogP contribution in [0.2, 0.25) is 0 Å². The van der Waals surface area contributed by atoms with Gasteiger partial charge in [-0.2, -0.15) is 0 Å². The lowest BCUT2D eigenvalue weighted by molar-refractivity contribution is 0.00578. The van der Waals surface area contributed by atoms with Gasteiger partial charge in [0.1, 0.15) is 0 Å². The van der Waals surface area contributed by atoms with Crippen LogP contribution in [0.4, 0.5) is 17.1 Å². The van der Waals surface area contributed by atoms with Crippen LogP contribution < -0.4 is 10.4 Å². The molecule has 1 saturated heterocycles. The molecule has 49 heavy (non-hydrogen) atoms. The minimum Gasteiger partial charge on any atom is -0.399 e. The standard InChI is InChI=1S/C45H42BNO2/c1-43(2)40-23-15-13-22-38(40)39-26-25-35(30-41(39)43)47(42-24-16-14-21-37(42)32-19-11-8-12-20-32)36-28-33(31-17-9-7-10-18-31)27-34(29-36)46-48-44(3,4)45(5,6)49-46/h7-30H,1-6H3. The number of fused-ring (bicyclic) bond motifs is 3. The van der Waals surface area contributed by atoms with Crippen molar-refractivity contribution in [2.45, 2.75) is 58.2 Å². The number of para-hydroxylation sites is 1. The molecule has 1 fully saturated rings. The maximum Gasteiger partial charge on any atom is 0.494 e. The summed E-state index contributed by atoms with van der Waals surface area (Å²) < 4.78 is 13.3. The molecule has 0 spiro atoms. The molecule has 0 radical (unpaired) electrons. The van der Waals surface area contributed by atoms with Gasteiger partial charge in [0, 0.05) is 22.4 Å². The highest BCUT2D eigenvalue weighted by Gasteiger charge is 2.52. The fourth-order valence-corrected chi connectivity index (χ4v) is 7.47. The smallest absolute Gasteiger partial charge is 0.399 e. The summed E-state index contributed by atoms with van der Waals surface area (Å²) in [4.78, 5) is 2.42. The lowest BCUT2D eigenvalue weighted by Crippen LogP contribution is -2.41. The molecule has 4 heteroatoms. The molecule has 0 bridgehead atoms. The van der Waals surface area contributed by atoms with Crippen molar-refractivity contribution in [1.29, 1.82) is 0 Å². The minimum atomic E-state index is -0.507. The van der Waals surface area contributed by atoms with Crippen LogP contribution in [0.3, 0.4) is 0 Å². The highest BCUT2D eigenvalue weighted by Crippen LogP contribution is 2.51. The number of anilines is 3. The molecule has 1 aliphatic heterocycles. The Hall–Kier alpha value is -4.90. The first-order valence-electron chi connectivity index (χ1n) is 17.3. The highest BCUT2D eigenvalue weighted by atomic mass is 16.7. The molecule has 8 rings (SSSR count). The van der Waals surface area contributed by atoms with Gasteiger partial charge in [-0.3, -0.25) is 0 Å². The van der Waals surface area contributed by atoms with Crippen molar-refractivity contribution in [2.24, 2.45) is 0 Å². The summed E-state index contributed by atoms with van der Waals surface area (Å²) in [6, 6.07) is 52.6. The van der Waals surface area contributed by atoms with Crippen LogP contribution in [-0.2, 0) is 14.7 Å². The number of benzene rings is 6. The molecule has 1 heterocycles. The van der Waals surface area contributed by atoms with E-state index >= 15 is 0 Å². The topological polar surface area (TPSA) is 21.7 Å². The van der Waals surface area contributed by atoms with Crippen LogP contribution in [0, 0.1) is 0 Å². The van der Waals surface area contributed by atoms with E-state index in [1.54, 1.807) is 0 Å². The van der Waals surface area contributed by atoms with Crippen molar-refractivity contribution in [3.05, 3.63) is 157 Å². The van der Waals surface area contributed by atoms with Crippen molar-refractivity contribution in [2.75, 3.05) is 4.90 Å². The molecule has 0 amide bonds. The quantitative estimate of drug-likeness (QED) is 0.169. The molecule has 6 aromatic carbocycles. The third-order valence-electron chi connectivity index (χ3n) is 10.9. The number of hydrogen-bond donors (Lipinski definition) is 0. The Morgan fingerprint density at radius 2 is 1.02 bits per heavy atom. The molecule has 0 aromatic heterocycles. The van der Waals surface area contributed by atoms with Crippen molar-refractivity contribution < 1.29 is 9.31 Å². The molecule has 2 aliphatic rings. The van der Waals surface area contributed by atoms with E-state index in [-0.39, 0.29) is 5.41 Å². The van der Waals surface area contributed by atoms with E-state index in [2.05, 4.69) is 192 Å². The van der Waals surface area contributed by atoms with Gasteiger partial charge in [-0.25, -0.2) is 0 Å². The van der Waals surface area contributed by atoms with Gasteiger partial charge in [0.05, 0.1) is 16.9 Å². The van der Waals surface area contributed by atoms with Crippen molar-refractivity contribution >= 4 is 29.6 Å². The first kappa shape index (κ1) is 31.4. The van der Waals surface area contributed by atoms with Crippen LogP contribution in [0.15, 0.2) is 146 Å². The van der Waals surface area contributed by atoms with E-state index in [0.29, 0.717) is 0 Å². The van der Waals surface area contributed by atoms with E-state index in [4.69, 9.17) is 9.31 Å². The molecule has 0 saturated carbocycles. The average molecular weight is 640 g/mol. The van der Waals surface area contributed by atoms with Gasteiger partial charge in [0.2, 0.25) is 0 Å². The van der Waals surface area contributed by atoms with Crippen LogP contribution in [-0.4, -0.2) is 18.3 Å². The summed E-state index contributed by atoms with van der Waals surface area (Å²) in [7, 11) is -0.507. The van der Waals surface area contributed by atoms with E-state index < -0.39 is 18.3 Å². The number of nitrogens with zero attached hydrogens (tertiary/aromatic N) is 1. The second kappa shape index (κ2) is 11.6. The van der Waals surface area contributed by atoms with Gasteiger partial charge in [-0.1, -0.05) is 129 Å². The van der Waals surface area contributed by atoms with E-state index in [0.717, 1.165) is 39.2 Å². The Morgan fingerprint density at radius 3 is 1.71 bits per heavy atom. The van der Waals surface area contributed by atoms with Gasteiger partial charge in [-0.05, 0) is 102 Å². The van der Waals surface area contributed by atoms with Gasteiger partial charge in [-0.15, -0.1) is 0 Å². The van der Waals surface area contributed by atoms with Gasteiger partial charge < -0.3 is 14.2 Å². The first-order chi connectivity index (χ1) is 23.5. The molecular weight excluding hydrogens is 597 g/mol. The summed E-state index contributed by atoms with van der Waals surface area (Å²) in [5.74, 6) is 0. The molecule has 0 N–H and O–H groups in total. The number of rotatable bonds is 6. The largest absolute Gasteiger partial charge is 0.494 e. The molecule has 6 aromatic rings. The second-order valence-corrected chi connectivity index (χ2v) is 14.9. The summed E-state index contributed by atoms with van der Waals surface area (Å²) in [5, 5.41) is 0. The van der Waals surface area contributed by atoms with E-state index in [1.807, 2.05) is 0 Å². The fraction of sp³-hybridized carbons (Fsp3) is 0.200. The first-order valence-corrected chi connectivity index (χ1v) is 17.3. The number of hydrogen-bond acceptors (Lipinski definition) is 3. The normalized spacial score (nSPS) is 16.7. The maximum atomic E-state index is 6.66. The highest BCUT2D eigenvalue weighted by molar-refractivity contribution is 6.62. The SMILES string of the molecule is CC1(C)c2ccccc2-c2ccc(N(c3cc(B4OC(C)(C)C(C)(C)O4)cc(-c4ccccc4)c3)c3ccccc3-c3ccccc3)cc21. The zero-order chi connectivity index (χ0) is 34.0. The van der Waals surface area contributed by atoms with Crippen LogP contribution in [0.1, 0.15) is 52.7 Å². The van der Waals surface area contributed by atoms with Crippen molar-refractivity contribution in [3.8, 4) is 33.4 Å². The average Bonchev–Trinajstić information content (AvgIpc) is 3.48. The lowest BCUT2D eigenvalue weighted by Gasteiger charge is -2.32. The Labute approximate surface area is 291 Å². The Bertz CT molecular complexity index is 2150. The monoisotopic (exact) mass is 639 g/mol. The van der Waals surface area contributed by atoms with Crippen LogP contribution in [0.5, 0.6) is 0 Å². The van der Waals surface area contributed by atoms with Crippen molar-refractivity contribution in [3.63, 3.8) is 0 Å². The zero-order valence-corrected chi connectivity index (χ0v) is 29.2. The van der Waals surface area contributed by atoms with Gasteiger partial charge in [0.15, 0.2) is 0 Å². The summed E-state index contributed by atoms with van der Waals surface area (Å²) in [5.41, 5.74) is 13.1. The Morgan fingerprint density at radius 1 is 0.449 bits per heavy atom. The maximum absolute atomic E-state index is 6.66. The zero-order valence-electron chi connectivity index (χ0n) is 29.2. The third kappa shape index (κ3) is 5.31. The van der Waals surface area contributed by atoms with Gasteiger partial charge in [0.25, 0.3) is 0 Å². The molecule has 0 atom stereocenters. The minimum absolute atomic E-state index is 0.133. The molecule has 242 valence electrons. The van der Waals surface area contributed by atoms with E-state index in [1.165, 1.54) is 27.8 Å². The molecule has 1 aliphatic carbocycles. The molecular formula is C45H42BNO2. The Balaban J connectivity index is 1.38.